The highest BCUT2D eigenvalue weighted by Gasteiger charge is 2.22. The molecule has 16 heavy (non-hydrogen) atoms. The average Bonchev–Trinajstić information content (AvgIpc) is 2.29. The van der Waals surface area contributed by atoms with Gasteiger partial charge in [-0.05, 0) is 36.8 Å². The Morgan fingerprint density at radius 3 is 2.94 bits per heavy atom. The van der Waals surface area contributed by atoms with E-state index in [1.165, 1.54) is 17.7 Å². The minimum Gasteiger partial charge on any atom is -0.492 e. The number of benzene rings is 1. The summed E-state index contributed by atoms with van der Waals surface area (Å²) >= 11 is 0. The van der Waals surface area contributed by atoms with Crippen molar-refractivity contribution >= 4 is 5.69 Å². The van der Waals surface area contributed by atoms with E-state index in [9.17, 15) is 0 Å². The van der Waals surface area contributed by atoms with Crippen molar-refractivity contribution in [3.05, 3.63) is 23.8 Å². The molecule has 0 aromatic heterocycles. The van der Waals surface area contributed by atoms with Crippen molar-refractivity contribution in [2.45, 2.75) is 27.2 Å². The van der Waals surface area contributed by atoms with Gasteiger partial charge >= 0.3 is 0 Å². The first-order valence-corrected chi connectivity index (χ1v) is 6.21. The summed E-state index contributed by atoms with van der Waals surface area (Å²) in [7, 11) is 0. The minimum atomic E-state index is 0.728. The molecule has 0 amide bonds. The number of rotatable bonds is 3. The Balaban J connectivity index is 2.23. The maximum absolute atomic E-state index is 5.64. The Hall–Kier alpha value is -1.18. The Bertz CT molecular complexity index is 360. The lowest BCUT2D eigenvalue weighted by molar-refractivity contribution is 0.337. The fourth-order valence-electron chi connectivity index (χ4n) is 2.28. The van der Waals surface area contributed by atoms with Crippen LogP contribution in [-0.4, -0.2) is 13.2 Å². The van der Waals surface area contributed by atoms with Crippen molar-refractivity contribution in [3.8, 4) is 5.75 Å². The first kappa shape index (κ1) is 11.3. The van der Waals surface area contributed by atoms with E-state index in [0.29, 0.717) is 0 Å². The smallest absolute Gasteiger partial charge is 0.142 e. The number of nitrogens with one attached hydrogen (secondary N) is 1. The van der Waals surface area contributed by atoms with Crippen LogP contribution in [-0.2, 0) is 6.42 Å². The predicted molar refractivity (Wildman–Crippen MR) is 68.1 cm³/mol. The molecule has 0 saturated carbocycles. The lowest BCUT2D eigenvalue weighted by atomic mass is 9.86. The van der Waals surface area contributed by atoms with Crippen molar-refractivity contribution in [2.75, 3.05) is 18.5 Å². The summed E-state index contributed by atoms with van der Waals surface area (Å²) < 4.78 is 5.64. The van der Waals surface area contributed by atoms with Crippen LogP contribution in [0.4, 0.5) is 5.69 Å². The monoisotopic (exact) mass is 219 g/mol. The van der Waals surface area contributed by atoms with Crippen LogP contribution in [0.1, 0.15) is 26.3 Å². The van der Waals surface area contributed by atoms with E-state index in [0.717, 1.165) is 30.7 Å². The molecule has 2 nitrogen and oxygen atoms in total. The standard InChI is InChI=1S/C14H21NO/c1-4-16-13-7-5-6-11-8-12(10(2)3)9-15-14(11)13/h5-7,10,12,15H,4,8-9H2,1-3H3. The molecule has 2 rings (SSSR count). The Morgan fingerprint density at radius 1 is 1.44 bits per heavy atom. The van der Waals surface area contributed by atoms with Gasteiger partial charge in [-0.1, -0.05) is 26.0 Å². The molecule has 88 valence electrons. The average molecular weight is 219 g/mol. The molecule has 0 radical (unpaired) electrons. The number of anilines is 1. The van der Waals surface area contributed by atoms with Crippen molar-refractivity contribution in [1.82, 2.24) is 0 Å². The number of hydrogen-bond acceptors (Lipinski definition) is 2. The third kappa shape index (κ3) is 2.16. The SMILES string of the molecule is CCOc1cccc2c1NCC(C(C)C)C2. The summed E-state index contributed by atoms with van der Waals surface area (Å²) in [6, 6.07) is 6.35. The third-order valence-electron chi connectivity index (χ3n) is 3.38. The van der Waals surface area contributed by atoms with Crippen LogP contribution in [0.3, 0.4) is 0 Å². The predicted octanol–water partition coefficient (Wildman–Crippen LogP) is 3.33. The Labute approximate surface area is 98.0 Å². The molecule has 0 spiro atoms. The van der Waals surface area contributed by atoms with Gasteiger partial charge in [0, 0.05) is 6.54 Å². The van der Waals surface area contributed by atoms with Crippen molar-refractivity contribution < 1.29 is 4.74 Å². The first-order chi connectivity index (χ1) is 7.72. The summed E-state index contributed by atoms with van der Waals surface area (Å²) in [5.41, 5.74) is 2.61. The summed E-state index contributed by atoms with van der Waals surface area (Å²) in [5, 5.41) is 3.52. The summed E-state index contributed by atoms with van der Waals surface area (Å²) in [5.74, 6) is 2.47. The van der Waals surface area contributed by atoms with E-state index in [-0.39, 0.29) is 0 Å². The van der Waals surface area contributed by atoms with Gasteiger partial charge in [-0.3, -0.25) is 0 Å². The third-order valence-corrected chi connectivity index (χ3v) is 3.38. The van der Waals surface area contributed by atoms with Crippen LogP contribution < -0.4 is 10.1 Å². The maximum Gasteiger partial charge on any atom is 0.142 e. The van der Waals surface area contributed by atoms with Crippen LogP contribution in [0.5, 0.6) is 5.75 Å². The highest BCUT2D eigenvalue weighted by Crippen LogP contribution is 2.35. The zero-order valence-electron chi connectivity index (χ0n) is 10.4. The van der Waals surface area contributed by atoms with Gasteiger partial charge in [0.15, 0.2) is 0 Å². The number of para-hydroxylation sites is 1. The molecule has 1 aliphatic rings. The fourth-order valence-corrected chi connectivity index (χ4v) is 2.28. The quantitative estimate of drug-likeness (QED) is 0.842. The van der Waals surface area contributed by atoms with Crippen LogP contribution in [0.15, 0.2) is 18.2 Å². The van der Waals surface area contributed by atoms with E-state index in [1.807, 2.05) is 13.0 Å². The van der Waals surface area contributed by atoms with E-state index in [1.54, 1.807) is 0 Å². The van der Waals surface area contributed by atoms with Crippen LogP contribution in [0, 0.1) is 11.8 Å². The van der Waals surface area contributed by atoms with Gasteiger partial charge in [0.1, 0.15) is 5.75 Å². The molecular weight excluding hydrogens is 198 g/mol. The summed E-state index contributed by atoms with van der Waals surface area (Å²) in [6.45, 7) is 8.41. The molecule has 1 atom stereocenters. The molecule has 0 saturated heterocycles. The Kier molecular flexibility index (Phi) is 3.37. The van der Waals surface area contributed by atoms with Gasteiger partial charge in [0.25, 0.3) is 0 Å². The summed E-state index contributed by atoms with van der Waals surface area (Å²) in [4.78, 5) is 0. The van der Waals surface area contributed by atoms with Gasteiger partial charge in [-0.2, -0.15) is 0 Å². The molecule has 1 N–H and O–H groups in total. The minimum absolute atomic E-state index is 0.728. The van der Waals surface area contributed by atoms with E-state index in [2.05, 4.69) is 31.3 Å². The second-order valence-electron chi connectivity index (χ2n) is 4.81. The maximum atomic E-state index is 5.64. The van der Waals surface area contributed by atoms with Crippen LogP contribution in [0.2, 0.25) is 0 Å². The first-order valence-electron chi connectivity index (χ1n) is 6.21. The van der Waals surface area contributed by atoms with E-state index < -0.39 is 0 Å². The lowest BCUT2D eigenvalue weighted by Gasteiger charge is -2.30. The molecule has 0 aliphatic carbocycles. The van der Waals surface area contributed by atoms with Crippen LogP contribution >= 0.6 is 0 Å². The second kappa shape index (κ2) is 4.77. The molecule has 1 unspecified atom stereocenters. The van der Waals surface area contributed by atoms with Gasteiger partial charge in [0.2, 0.25) is 0 Å². The zero-order chi connectivity index (χ0) is 11.5. The number of fused-ring (bicyclic) bond motifs is 1. The molecule has 0 bridgehead atoms. The largest absolute Gasteiger partial charge is 0.492 e. The highest BCUT2D eigenvalue weighted by atomic mass is 16.5. The van der Waals surface area contributed by atoms with Crippen molar-refractivity contribution in [2.24, 2.45) is 11.8 Å². The highest BCUT2D eigenvalue weighted by molar-refractivity contribution is 5.63. The summed E-state index contributed by atoms with van der Waals surface area (Å²) in [6.07, 6.45) is 1.17. The Morgan fingerprint density at radius 2 is 2.25 bits per heavy atom. The lowest BCUT2D eigenvalue weighted by Crippen LogP contribution is -2.27. The van der Waals surface area contributed by atoms with Gasteiger partial charge in [-0.25, -0.2) is 0 Å². The van der Waals surface area contributed by atoms with Gasteiger partial charge < -0.3 is 10.1 Å². The van der Waals surface area contributed by atoms with Crippen molar-refractivity contribution in [3.63, 3.8) is 0 Å². The molecule has 1 aliphatic heterocycles. The molecule has 1 aromatic rings. The second-order valence-corrected chi connectivity index (χ2v) is 4.81. The van der Waals surface area contributed by atoms with Crippen molar-refractivity contribution in [1.29, 1.82) is 0 Å². The molecule has 1 heterocycles. The van der Waals surface area contributed by atoms with Crippen LogP contribution in [0.25, 0.3) is 0 Å². The molecule has 0 fully saturated rings. The topological polar surface area (TPSA) is 21.3 Å². The molecular formula is C14H21NO. The zero-order valence-corrected chi connectivity index (χ0v) is 10.4. The van der Waals surface area contributed by atoms with Gasteiger partial charge in [0.05, 0.1) is 12.3 Å². The van der Waals surface area contributed by atoms with E-state index in [4.69, 9.17) is 4.74 Å². The fraction of sp³-hybridized carbons (Fsp3) is 0.571. The van der Waals surface area contributed by atoms with Gasteiger partial charge in [-0.15, -0.1) is 0 Å². The number of ether oxygens (including phenoxy) is 1. The van der Waals surface area contributed by atoms with E-state index >= 15 is 0 Å². The number of hydrogen-bond donors (Lipinski definition) is 1. The molecule has 2 heteroatoms. The normalized spacial score (nSPS) is 19.1. The molecule has 1 aromatic carbocycles.